The van der Waals surface area contributed by atoms with Crippen LogP contribution in [-0.2, 0) is 10.3 Å². The molecule has 0 N–H and O–H groups in total. The molecule has 0 amide bonds. The summed E-state index contributed by atoms with van der Waals surface area (Å²) in [5.41, 5.74) is 0.607. The number of hydrogen-bond donors (Lipinski definition) is 0. The molecule has 4 heteroatoms. The van der Waals surface area contributed by atoms with E-state index >= 15 is 0 Å². The Balaban J connectivity index is 2.51. The van der Waals surface area contributed by atoms with E-state index in [-0.39, 0.29) is 5.54 Å². The lowest BCUT2D eigenvalue weighted by molar-refractivity contribution is 0.255. The predicted molar refractivity (Wildman–Crippen MR) is 62.8 cm³/mol. The van der Waals surface area contributed by atoms with E-state index in [4.69, 9.17) is 11.6 Å². The Bertz CT molecular complexity index is 436. The minimum absolute atomic E-state index is 0.383. The largest absolute Gasteiger partial charge is 0.235 e. The van der Waals surface area contributed by atoms with Crippen molar-refractivity contribution in [2.75, 3.05) is 0 Å². The second-order valence-corrected chi connectivity index (χ2v) is 5.00. The SMILES string of the molecule is O=C=NC1(c2cc(Cl)ccc2Br)CCC1. The topological polar surface area (TPSA) is 29.4 Å². The van der Waals surface area contributed by atoms with Crippen molar-refractivity contribution in [2.45, 2.75) is 24.8 Å². The van der Waals surface area contributed by atoms with Crippen LogP contribution in [0, 0.1) is 0 Å². The van der Waals surface area contributed by atoms with E-state index in [1.54, 1.807) is 6.08 Å². The number of hydrogen-bond acceptors (Lipinski definition) is 2. The van der Waals surface area contributed by atoms with Gasteiger partial charge >= 0.3 is 0 Å². The van der Waals surface area contributed by atoms with E-state index in [0.717, 1.165) is 29.3 Å². The molecule has 0 aromatic heterocycles. The number of nitrogens with zero attached hydrogens (tertiary/aromatic N) is 1. The van der Waals surface area contributed by atoms with Crippen LogP contribution >= 0.6 is 27.5 Å². The van der Waals surface area contributed by atoms with Gasteiger partial charge in [0, 0.05) is 9.50 Å². The van der Waals surface area contributed by atoms with Gasteiger partial charge < -0.3 is 0 Å². The molecule has 0 unspecified atom stereocenters. The van der Waals surface area contributed by atoms with Gasteiger partial charge in [0.2, 0.25) is 6.08 Å². The molecule has 0 aliphatic heterocycles. The van der Waals surface area contributed by atoms with E-state index in [0.29, 0.717) is 5.02 Å². The standard InChI is InChI=1S/C11H9BrClNO/c12-10-3-2-8(13)6-9(10)11(14-7-15)4-1-5-11/h2-3,6H,1,4-5H2. The van der Waals surface area contributed by atoms with Crippen LogP contribution in [0.2, 0.25) is 5.02 Å². The van der Waals surface area contributed by atoms with Crippen molar-refractivity contribution in [3.63, 3.8) is 0 Å². The van der Waals surface area contributed by atoms with Gasteiger partial charge in [-0.1, -0.05) is 27.5 Å². The fourth-order valence-corrected chi connectivity index (χ4v) is 2.68. The van der Waals surface area contributed by atoms with Gasteiger partial charge in [-0.05, 0) is 43.0 Å². The molecule has 15 heavy (non-hydrogen) atoms. The average molecular weight is 287 g/mol. The molecule has 2 rings (SSSR count). The zero-order valence-corrected chi connectivity index (χ0v) is 10.3. The van der Waals surface area contributed by atoms with Crippen molar-refractivity contribution in [2.24, 2.45) is 4.99 Å². The van der Waals surface area contributed by atoms with Crippen molar-refractivity contribution < 1.29 is 4.79 Å². The van der Waals surface area contributed by atoms with Gasteiger partial charge in [-0.2, -0.15) is 4.99 Å². The van der Waals surface area contributed by atoms with Crippen LogP contribution in [0.4, 0.5) is 0 Å². The molecule has 0 heterocycles. The van der Waals surface area contributed by atoms with Gasteiger partial charge in [-0.3, -0.25) is 0 Å². The van der Waals surface area contributed by atoms with Crippen LogP contribution in [0.15, 0.2) is 27.7 Å². The predicted octanol–water partition coefficient (Wildman–Crippen LogP) is 3.82. The summed E-state index contributed by atoms with van der Waals surface area (Å²) < 4.78 is 0.950. The van der Waals surface area contributed by atoms with Gasteiger partial charge in [-0.25, -0.2) is 4.79 Å². The van der Waals surface area contributed by atoms with Gasteiger partial charge in [0.1, 0.15) is 0 Å². The highest BCUT2D eigenvalue weighted by molar-refractivity contribution is 9.10. The van der Waals surface area contributed by atoms with Gasteiger partial charge in [0.25, 0.3) is 0 Å². The Morgan fingerprint density at radius 3 is 2.73 bits per heavy atom. The molecular formula is C11H9BrClNO. The van der Waals surface area contributed by atoms with Crippen LogP contribution in [-0.4, -0.2) is 6.08 Å². The molecule has 1 aromatic rings. The summed E-state index contributed by atoms with van der Waals surface area (Å²) >= 11 is 9.41. The zero-order chi connectivity index (χ0) is 10.9. The normalized spacial score (nSPS) is 17.7. The monoisotopic (exact) mass is 285 g/mol. The van der Waals surface area contributed by atoms with Crippen LogP contribution < -0.4 is 0 Å². The average Bonchev–Trinajstić information content (AvgIpc) is 2.16. The first-order chi connectivity index (χ1) is 7.18. The molecule has 0 bridgehead atoms. The molecule has 1 aliphatic carbocycles. The van der Waals surface area contributed by atoms with Crippen molar-refractivity contribution in [3.8, 4) is 0 Å². The first kappa shape index (κ1) is 10.9. The lowest BCUT2D eigenvalue weighted by Crippen LogP contribution is -2.32. The quantitative estimate of drug-likeness (QED) is 0.600. The maximum atomic E-state index is 10.4. The van der Waals surface area contributed by atoms with E-state index in [2.05, 4.69) is 20.9 Å². The number of rotatable bonds is 2. The maximum Gasteiger partial charge on any atom is 0.235 e. The van der Waals surface area contributed by atoms with Gasteiger partial charge in [0.15, 0.2) is 0 Å². The Morgan fingerprint density at radius 1 is 1.47 bits per heavy atom. The van der Waals surface area contributed by atoms with Gasteiger partial charge in [-0.15, -0.1) is 0 Å². The van der Waals surface area contributed by atoms with E-state index in [9.17, 15) is 4.79 Å². The molecule has 78 valence electrons. The molecule has 0 radical (unpaired) electrons. The first-order valence-electron chi connectivity index (χ1n) is 4.72. The molecule has 0 spiro atoms. The minimum Gasteiger partial charge on any atom is -0.211 e. The lowest BCUT2D eigenvalue weighted by Gasteiger charge is -2.37. The minimum atomic E-state index is -0.383. The summed E-state index contributed by atoms with van der Waals surface area (Å²) in [5.74, 6) is 0. The van der Waals surface area contributed by atoms with E-state index in [1.807, 2.05) is 18.2 Å². The highest BCUT2D eigenvalue weighted by atomic mass is 79.9. The van der Waals surface area contributed by atoms with Crippen molar-refractivity contribution in [3.05, 3.63) is 33.3 Å². The number of aliphatic imine (C=N–C) groups is 1. The summed E-state index contributed by atoms with van der Waals surface area (Å²) in [4.78, 5) is 14.4. The second-order valence-electron chi connectivity index (χ2n) is 3.71. The van der Waals surface area contributed by atoms with Crippen LogP contribution in [0.5, 0.6) is 0 Å². The van der Waals surface area contributed by atoms with Gasteiger partial charge in [0.05, 0.1) is 5.54 Å². The highest BCUT2D eigenvalue weighted by Gasteiger charge is 2.40. The number of halogens is 2. The highest BCUT2D eigenvalue weighted by Crippen LogP contribution is 2.47. The van der Waals surface area contributed by atoms with Crippen molar-refractivity contribution in [1.82, 2.24) is 0 Å². The Morgan fingerprint density at radius 2 is 2.20 bits per heavy atom. The van der Waals surface area contributed by atoms with E-state index < -0.39 is 0 Å². The molecule has 1 aromatic carbocycles. The third kappa shape index (κ3) is 1.87. The van der Waals surface area contributed by atoms with Crippen LogP contribution in [0.1, 0.15) is 24.8 Å². The van der Waals surface area contributed by atoms with Crippen LogP contribution in [0.25, 0.3) is 0 Å². The molecular weight excluding hydrogens is 277 g/mol. The summed E-state index contributed by atoms with van der Waals surface area (Å²) in [6.07, 6.45) is 4.53. The lowest BCUT2D eigenvalue weighted by atomic mass is 9.72. The molecule has 2 nitrogen and oxygen atoms in total. The number of carbonyl (C=O) groups excluding carboxylic acids is 1. The molecule has 1 fully saturated rings. The van der Waals surface area contributed by atoms with E-state index in [1.165, 1.54) is 0 Å². The Labute approximate surface area is 101 Å². The van der Waals surface area contributed by atoms with Crippen molar-refractivity contribution in [1.29, 1.82) is 0 Å². The maximum absolute atomic E-state index is 10.4. The number of isocyanates is 1. The first-order valence-corrected chi connectivity index (χ1v) is 5.90. The second kappa shape index (κ2) is 4.09. The fourth-order valence-electron chi connectivity index (χ4n) is 1.89. The molecule has 0 saturated heterocycles. The summed E-state index contributed by atoms with van der Waals surface area (Å²) in [7, 11) is 0. The Hall–Kier alpha value is -0.630. The van der Waals surface area contributed by atoms with Crippen LogP contribution in [0.3, 0.4) is 0 Å². The number of benzene rings is 1. The smallest absolute Gasteiger partial charge is 0.211 e. The molecule has 1 saturated carbocycles. The molecule has 1 aliphatic rings. The third-order valence-corrected chi connectivity index (χ3v) is 3.80. The summed E-state index contributed by atoms with van der Waals surface area (Å²) in [6, 6.07) is 5.57. The summed E-state index contributed by atoms with van der Waals surface area (Å²) in [6.45, 7) is 0. The molecule has 0 atom stereocenters. The zero-order valence-electron chi connectivity index (χ0n) is 7.96. The third-order valence-electron chi connectivity index (χ3n) is 2.87. The Kier molecular flexibility index (Phi) is 2.96. The fraction of sp³-hybridized carbons (Fsp3) is 0.364. The van der Waals surface area contributed by atoms with Crippen molar-refractivity contribution >= 4 is 33.6 Å². The summed E-state index contributed by atoms with van der Waals surface area (Å²) in [5, 5.41) is 0.667.